The van der Waals surface area contributed by atoms with Crippen LogP contribution in [0.15, 0.2) is 23.0 Å². The summed E-state index contributed by atoms with van der Waals surface area (Å²) in [6, 6.07) is 4.44. The molecule has 0 saturated carbocycles. The molecule has 0 amide bonds. The van der Waals surface area contributed by atoms with E-state index in [2.05, 4.69) is 9.72 Å². The van der Waals surface area contributed by atoms with Crippen molar-refractivity contribution in [3.8, 4) is 5.75 Å². The van der Waals surface area contributed by atoms with Crippen molar-refractivity contribution < 1.29 is 13.5 Å². The van der Waals surface area contributed by atoms with E-state index in [1.165, 1.54) is 12.1 Å². The lowest BCUT2D eigenvalue weighted by atomic mass is 9.94. The molecule has 1 aromatic heterocycles. The van der Waals surface area contributed by atoms with E-state index in [0.717, 1.165) is 36.9 Å². The van der Waals surface area contributed by atoms with Crippen molar-refractivity contribution in [3.05, 3.63) is 39.7 Å². The maximum atomic E-state index is 12.3. The minimum absolute atomic E-state index is 0.0174. The SMILES string of the molecule is O=c1c2c([nH]c3ccc(OC(F)F)cc13)CCCC2. The molecule has 2 aromatic rings. The van der Waals surface area contributed by atoms with Gasteiger partial charge in [-0.05, 0) is 43.9 Å². The van der Waals surface area contributed by atoms with Crippen molar-refractivity contribution >= 4 is 10.9 Å². The van der Waals surface area contributed by atoms with Crippen molar-refractivity contribution in [2.24, 2.45) is 0 Å². The largest absolute Gasteiger partial charge is 0.435 e. The van der Waals surface area contributed by atoms with Gasteiger partial charge in [-0.3, -0.25) is 4.79 Å². The van der Waals surface area contributed by atoms with E-state index in [1.807, 2.05) is 0 Å². The smallest absolute Gasteiger partial charge is 0.387 e. The third kappa shape index (κ3) is 2.20. The summed E-state index contributed by atoms with van der Waals surface area (Å²) in [5, 5.41) is 0.416. The molecule has 0 aliphatic heterocycles. The number of fused-ring (bicyclic) bond motifs is 2. The van der Waals surface area contributed by atoms with Gasteiger partial charge in [0.25, 0.3) is 0 Å². The van der Waals surface area contributed by atoms with Gasteiger partial charge in [-0.15, -0.1) is 0 Å². The van der Waals surface area contributed by atoms with Gasteiger partial charge in [0.1, 0.15) is 5.75 Å². The molecule has 0 saturated heterocycles. The average Bonchev–Trinajstić information content (AvgIpc) is 2.39. The Balaban J connectivity index is 2.17. The number of hydrogen-bond donors (Lipinski definition) is 1. The van der Waals surface area contributed by atoms with E-state index in [9.17, 15) is 13.6 Å². The molecule has 0 spiro atoms. The third-order valence-corrected chi connectivity index (χ3v) is 3.49. The lowest BCUT2D eigenvalue weighted by molar-refractivity contribution is -0.0497. The predicted octanol–water partition coefficient (Wildman–Crippen LogP) is 3.01. The molecular weight excluding hydrogens is 252 g/mol. The maximum absolute atomic E-state index is 12.3. The summed E-state index contributed by atoms with van der Waals surface area (Å²) in [7, 11) is 0. The van der Waals surface area contributed by atoms with Gasteiger partial charge in [-0.1, -0.05) is 0 Å². The van der Waals surface area contributed by atoms with Gasteiger partial charge in [-0.25, -0.2) is 0 Å². The average molecular weight is 265 g/mol. The van der Waals surface area contributed by atoms with Gasteiger partial charge in [0.15, 0.2) is 5.43 Å². The Kier molecular flexibility index (Phi) is 2.97. The molecular formula is C14H13F2NO2. The monoisotopic (exact) mass is 265 g/mol. The molecule has 0 atom stereocenters. The van der Waals surface area contributed by atoms with E-state index < -0.39 is 6.61 Å². The second-order valence-electron chi connectivity index (χ2n) is 4.70. The van der Waals surface area contributed by atoms with Gasteiger partial charge in [0.2, 0.25) is 0 Å². The van der Waals surface area contributed by atoms with Crippen LogP contribution in [0.4, 0.5) is 8.78 Å². The van der Waals surface area contributed by atoms with Crippen LogP contribution < -0.4 is 10.2 Å². The van der Waals surface area contributed by atoms with Gasteiger partial charge >= 0.3 is 6.61 Å². The molecule has 3 nitrogen and oxygen atoms in total. The van der Waals surface area contributed by atoms with Crippen LogP contribution in [-0.2, 0) is 12.8 Å². The van der Waals surface area contributed by atoms with E-state index in [4.69, 9.17) is 0 Å². The van der Waals surface area contributed by atoms with Crippen molar-refractivity contribution in [3.63, 3.8) is 0 Å². The number of hydrogen-bond acceptors (Lipinski definition) is 2. The fourth-order valence-corrected chi connectivity index (χ4v) is 2.62. The number of rotatable bonds is 2. The van der Waals surface area contributed by atoms with Crippen LogP contribution in [0.25, 0.3) is 10.9 Å². The molecule has 0 bridgehead atoms. The second kappa shape index (κ2) is 4.64. The molecule has 0 unspecified atom stereocenters. The summed E-state index contributed by atoms with van der Waals surface area (Å²) < 4.78 is 28.7. The number of halogens is 2. The summed E-state index contributed by atoms with van der Waals surface area (Å²) in [6.07, 6.45) is 3.69. The fourth-order valence-electron chi connectivity index (χ4n) is 2.62. The number of alkyl halides is 2. The summed E-state index contributed by atoms with van der Waals surface area (Å²) in [5.74, 6) is 0.0174. The molecule has 3 rings (SSSR count). The van der Waals surface area contributed by atoms with E-state index >= 15 is 0 Å². The van der Waals surface area contributed by atoms with E-state index in [0.29, 0.717) is 10.9 Å². The number of pyridine rings is 1. The van der Waals surface area contributed by atoms with Crippen molar-refractivity contribution in [1.82, 2.24) is 4.98 Å². The Hall–Kier alpha value is -1.91. The number of nitrogens with one attached hydrogen (secondary N) is 1. The van der Waals surface area contributed by atoms with Gasteiger partial charge in [0.05, 0.1) is 0 Å². The van der Waals surface area contributed by atoms with Crippen molar-refractivity contribution in [2.75, 3.05) is 0 Å². The Bertz CT molecular complexity index is 679. The molecule has 5 heteroatoms. The molecule has 1 aliphatic carbocycles. The van der Waals surface area contributed by atoms with Gasteiger partial charge in [-0.2, -0.15) is 8.78 Å². The molecule has 19 heavy (non-hydrogen) atoms. The Morgan fingerprint density at radius 1 is 1.21 bits per heavy atom. The first-order valence-electron chi connectivity index (χ1n) is 6.28. The summed E-state index contributed by atoms with van der Waals surface area (Å²) >= 11 is 0. The zero-order chi connectivity index (χ0) is 13.4. The first-order chi connectivity index (χ1) is 9.15. The fraction of sp³-hybridized carbons (Fsp3) is 0.357. The van der Waals surface area contributed by atoms with E-state index in [1.54, 1.807) is 6.07 Å². The van der Waals surface area contributed by atoms with Crippen molar-refractivity contribution in [1.29, 1.82) is 0 Å². The van der Waals surface area contributed by atoms with Crippen LogP contribution in [0.2, 0.25) is 0 Å². The van der Waals surface area contributed by atoms with Crippen LogP contribution in [0.5, 0.6) is 5.75 Å². The predicted molar refractivity (Wildman–Crippen MR) is 67.8 cm³/mol. The topological polar surface area (TPSA) is 42.1 Å². The summed E-state index contributed by atoms with van der Waals surface area (Å²) in [4.78, 5) is 15.6. The van der Waals surface area contributed by atoms with Crippen LogP contribution in [-0.4, -0.2) is 11.6 Å². The first-order valence-corrected chi connectivity index (χ1v) is 6.28. The number of aromatic nitrogens is 1. The minimum Gasteiger partial charge on any atom is -0.435 e. The highest BCUT2D eigenvalue weighted by atomic mass is 19.3. The maximum Gasteiger partial charge on any atom is 0.387 e. The number of H-pyrrole nitrogens is 1. The Morgan fingerprint density at radius 3 is 2.79 bits per heavy atom. The van der Waals surface area contributed by atoms with Crippen molar-refractivity contribution in [2.45, 2.75) is 32.3 Å². The van der Waals surface area contributed by atoms with Crippen LogP contribution >= 0.6 is 0 Å². The number of aryl methyl sites for hydroxylation is 1. The lowest BCUT2D eigenvalue weighted by Crippen LogP contribution is -2.18. The standard InChI is InChI=1S/C14H13F2NO2/c15-14(16)19-8-5-6-12-10(7-8)13(18)9-3-1-2-4-11(9)17-12/h5-7,14H,1-4H2,(H,17,18). The zero-order valence-corrected chi connectivity index (χ0v) is 10.2. The normalized spacial score (nSPS) is 14.7. The molecule has 1 aliphatic rings. The molecule has 1 heterocycles. The molecule has 1 aromatic carbocycles. The highest BCUT2D eigenvalue weighted by Gasteiger charge is 2.16. The van der Waals surface area contributed by atoms with Crippen LogP contribution in [0.1, 0.15) is 24.1 Å². The van der Waals surface area contributed by atoms with Gasteiger partial charge in [0, 0.05) is 22.2 Å². The second-order valence-corrected chi connectivity index (χ2v) is 4.70. The highest BCUT2D eigenvalue weighted by Crippen LogP contribution is 2.23. The Morgan fingerprint density at radius 2 is 2.00 bits per heavy atom. The minimum atomic E-state index is -2.88. The number of ether oxygens (including phenoxy) is 1. The summed E-state index contributed by atoms with van der Waals surface area (Å²) in [6.45, 7) is -2.88. The van der Waals surface area contributed by atoms with E-state index in [-0.39, 0.29) is 11.2 Å². The van der Waals surface area contributed by atoms with Gasteiger partial charge < -0.3 is 9.72 Å². The molecule has 100 valence electrons. The molecule has 0 fully saturated rings. The molecule has 1 N–H and O–H groups in total. The Labute approximate surface area is 108 Å². The van der Waals surface area contributed by atoms with Crippen LogP contribution in [0.3, 0.4) is 0 Å². The lowest BCUT2D eigenvalue weighted by Gasteiger charge is -2.16. The highest BCUT2D eigenvalue weighted by molar-refractivity contribution is 5.81. The van der Waals surface area contributed by atoms with Crippen LogP contribution in [0, 0.1) is 0 Å². The summed E-state index contributed by atoms with van der Waals surface area (Å²) in [5.41, 5.74) is 2.37. The number of aromatic amines is 1. The zero-order valence-electron chi connectivity index (χ0n) is 10.2. The molecule has 0 radical (unpaired) electrons. The third-order valence-electron chi connectivity index (χ3n) is 3.49. The number of benzene rings is 1. The first kappa shape index (κ1) is 12.1. The quantitative estimate of drug-likeness (QED) is 0.907.